The number of nitrogens with zero attached hydrogens (tertiary/aromatic N) is 1. The van der Waals surface area contributed by atoms with E-state index in [2.05, 4.69) is 219 Å². The van der Waals surface area contributed by atoms with Gasteiger partial charge in [-0.2, -0.15) is 0 Å². The summed E-state index contributed by atoms with van der Waals surface area (Å²) >= 11 is 0. The predicted octanol–water partition coefficient (Wildman–Crippen LogP) is 14.8. The van der Waals surface area contributed by atoms with E-state index in [0.29, 0.717) is 0 Å². The van der Waals surface area contributed by atoms with Crippen LogP contribution in [0.3, 0.4) is 0 Å². The van der Waals surface area contributed by atoms with Gasteiger partial charge in [0.15, 0.2) is 0 Å². The monoisotopic (exact) mass is 689 g/mol. The number of rotatable bonds is 6. The fourth-order valence-corrected chi connectivity index (χ4v) is 8.85. The molecule has 9 aromatic carbocycles. The number of hydrogen-bond acceptors (Lipinski definition) is 1. The normalized spacial score (nSPS) is 12.8. The van der Waals surface area contributed by atoms with Gasteiger partial charge < -0.3 is 4.90 Å². The van der Waals surface area contributed by atoms with Crippen molar-refractivity contribution in [1.82, 2.24) is 0 Å². The summed E-state index contributed by atoms with van der Waals surface area (Å²) in [4.78, 5) is 2.44. The van der Waals surface area contributed by atoms with Crippen molar-refractivity contribution in [2.45, 2.75) is 19.3 Å². The predicted molar refractivity (Wildman–Crippen MR) is 230 cm³/mol. The third-order valence-corrected chi connectivity index (χ3v) is 11.4. The van der Waals surface area contributed by atoms with Crippen LogP contribution in [-0.2, 0) is 5.41 Å². The second kappa shape index (κ2) is 12.8. The van der Waals surface area contributed by atoms with Crippen molar-refractivity contribution in [2.75, 3.05) is 4.90 Å². The molecule has 0 unspecified atom stereocenters. The van der Waals surface area contributed by atoms with E-state index < -0.39 is 0 Å². The first-order valence-corrected chi connectivity index (χ1v) is 18.9. The third-order valence-electron chi connectivity index (χ3n) is 11.4. The van der Waals surface area contributed by atoms with E-state index in [1.165, 1.54) is 77.2 Å². The molecule has 0 bridgehead atoms. The van der Waals surface area contributed by atoms with Crippen LogP contribution in [0.15, 0.2) is 200 Å². The minimum atomic E-state index is -0.106. The number of para-hydroxylation sites is 1. The quantitative estimate of drug-likeness (QED) is 0.157. The number of hydrogen-bond donors (Lipinski definition) is 0. The Hall–Kier alpha value is -6.70. The summed E-state index contributed by atoms with van der Waals surface area (Å²) in [7, 11) is 0. The number of anilines is 3. The van der Waals surface area contributed by atoms with Gasteiger partial charge in [-0.15, -0.1) is 0 Å². The maximum atomic E-state index is 2.44. The Balaban J connectivity index is 1.16. The topological polar surface area (TPSA) is 3.24 Å². The van der Waals surface area contributed by atoms with Gasteiger partial charge in [0.25, 0.3) is 0 Å². The van der Waals surface area contributed by atoms with Crippen LogP contribution in [0.4, 0.5) is 17.1 Å². The fraction of sp³-hybridized carbons (Fsp3) is 0.0566. The zero-order chi connectivity index (χ0) is 36.2. The van der Waals surface area contributed by atoms with Gasteiger partial charge in [-0.05, 0) is 108 Å². The van der Waals surface area contributed by atoms with Crippen LogP contribution in [0.25, 0.3) is 66.1 Å². The molecule has 0 N–H and O–H groups in total. The van der Waals surface area contributed by atoms with E-state index in [1.54, 1.807) is 0 Å². The van der Waals surface area contributed by atoms with Gasteiger partial charge in [-0.3, -0.25) is 0 Å². The molecule has 1 nitrogen and oxygen atoms in total. The van der Waals surface area contributed by atoms with Gasteiger partial charge in [0.1, 0.15) is 0 Å². The van der Waals surface area contributed by atoms with E-state index in [-0.39, 0.29) is 5.41 Å². The molecule has 0 radical (unpaired) electrons. The van der Waals surface area contributed by atoms with Crippen LogP contribution in [0.2, 0.25) is 0 Å². The average molecular weight is 690 g/mol. The molecule has 54 heavy (non-hydrogen) atoms. The molecule has 0 fully saturated rings. The highest BCUT2D eigenvalue weighted by molar-refractivity contribution is 6.17. The summed E-state index contributed by atoms with van der Waals surface area (Å²) in [5.41, 5.74) is 16.0. The molecule has 0 aliphatic heterocycles. The molecule has 0 saturated heterocycles. The van der Waals surface area contributed by atoms with Crippen molar-refractivity contribution in [2.24, 2.45) is 0 Å². The smallest absolute Gasteiger partial charge is 0.0540 e. The highest BCUT2D eigenvalue weighted by Gasteiger charge is 2.36. The fourth-order valence-electron chi connectivity index (χ4n) is 8.85. The molecule has 0 amide bonds. The van der Waals surface area contributed by atoms with Crippen LogP contribution in [0.5, 0.6) is 0 Å². The van der Waals surface area contributed by atoms with Crippen LogP contribution in [-0.4, -0.2) is 0 Å². The first kappa shape index (κ1) is 32.0. The van der Waals surface area contributed by atoms with E-state index in [9.17, 15) is 0 Å². The first-order chi connectivity index (χ1) is 26.6. The van der Waals surface area contributed by atoms with E-state index >= 15 is 0 Å². The van der Waals surface area contributed by atoms with Crippen LogP contribution < -0.4 is 4.90 Å². The highest BCUT2D eigenvalue weighted by Crippen LogP contribution is 2.51. The van der Waals surface area contributed by atoms with E-state index in [0.717, 1.165) is 17.1 Å². The summed E-state index contributed by atoms with van der Waals surface area (Å²) in [5.74, 6) is 0. The van der Waals surface area contributed by atoms with Gasteiger partial charge >= 0.3 is 0 Å². The number of benzene rings is 9. The summed E-state index contributed by atoms with van der Waals surface area (Å²) < 4.78 is 0. The molecule has 1 aliphatic carbocycles. The lowest BCUT2D eigenvalue weighted by atomic mass is 9.82. The largest absolute Gasteiger partial charge is 0.310 e. The second-order valence-corrected chi connectivity index (χ2v) is 14.9. The van der Waals surface area contributed by atoms with E-state index in [4.69, 9.17) is 0 Å². The standard InChI is InChI=1S/C53H39N/c1-53(2)48-26-13-11-24-46(48)47-33-32-42(35-49(47)53)54(50-27-14-12-22-43(50)36-16-5-3-6-17-36)41-30-28-37(29-31-41)44-25-15-21-40-34-39-20-9-10-23-45(39)51(52(40)44)38-18-7-4-8-19-38/h3-35H,1-2H3. The summed E-state index contributed by atoms with van der Waals surface area (Å²) in [6, 6.07) is 73.4. The summed E-state index contributed by atoms with van der Waals surface area (Å²) in [6.07, 6.45) is 0. The molecule has 0 heterocycles. The zero-order valence-electron chi connectivity index (χ0n) is 30.5. The lowest BCUT2D eigenvalue weighted by Crippen LogP contribution is -2.16. The Morgan fingerprint density at radius 1 is 0.370 bits per heavy atom. The SMILES string of the molecule is CC1(C)c2ccccc2-c2ccc(N(c3ccc(-c4cccc5cc6ccccc6c(-c6ccccc6)c45)cc3)c3ccccc3-c3ccccc3)cc21. The summed E-state index contributed by atoms with van der Waals surface area (Å²) in [6.45, 7) is 4.71. The summed E-state index contributed by atoms with van der Waals surface area (Å²) in [5, 5.41) is 5.05. The minimum absolute atomic E-state index is 0.106. The van der Waals surface area contributed by atoms with Crippen LogP contribution in [0, 0.1) is 0 Å². The van der Waals surface area contributed by atoms with Crippen molar-refractivity contribution in [1.29, 1.82) is 0 Å². The molecule has 1 heteroatoms. The Labute approximate surface area is 317 Å². The van der Waals surface area contributed by atoms with Gasteiger partial charge in [-0.1, -0.05) is 178 Å². The molecular weight excluding hydrogens is 651 g/mol. The van der Waals surface area contributed by atoms with Crippen molar-refractivity contribution in [3.05, 3.63) is 211 Å². The van der Waals surface area contributed by atoms with Crippen molar-refractivity contribution in [3.8, 4) is 44.5 Å². The minimum Gasteiger partial charge on any atom is -0.310 e. The van der Waals surface area contributed by atoms with Crippen LogP contribution >= 0.6 is 0 Å². The molecule has 0 aromatic heterocycles. The molecule has 0 atom stereocenters. The van der Waals surface area contributed by atoms with Crippen molar-refractivity contribution in [3.63, 3.8) is 0 Å². The van der Waals surface area contributed by atoms with Gasteiger partial charge in [0.2, 0.25) is 0 Å². The Bertz CT molecular complexity index is 2830. The Morgan fingerprint density at radius 3 is 1.74 bits per heavy atom. The highest BCUT2D eigenvalue weighted by atomic mass is 15.1. The Kier molecular flexibility index (Phi) is 7.56. The third kappa shape index (κ3) is 5.16. The maximum absolute atomic E-state index is 2.44. The molecule has 256 valence electrons. The molecule has 1 aliphatic rings. The average Bonchev–Trinajstić information content (AvgIpc) is 3.46. The van der Waals surface area contributed by atoms with Crippen molar-refractivity contribution < 1.29 is 0 Å². The molecule has 9 aromatic rings. The maximum Gasteiger partial charge on any atom is 0.0540 e. The lowest BCUT2D eigenvalue weighted by Gasteiger charge is -2.30. The molecule has 10 rings (SSSR count). The molecule has 0 spiro atoms. The van der Waals surface area contributed by atoms with Gasteiger partial charge in [0.05, 0.1) is 5.69 Å². The van der Waals surface area contributed by atoms with Crippen LogP contribution in [0.1, 0.15) is 25.0 Å². The second-order valence-electron chi connectivity index (χ2n) is 14.9. The number of fused-ring (bicyclic) bond motifs is 5. The Morgan fingerprint density at radius 2 is 0.944 bits per heavy atom. The molecule has 0 saturated carbocycles. The van der Waals surface area contributed by atoms with Gasteiger partial charge in [0, 0.05) is 22.4 Å². The van der Waals surface area contributed by atoms with Gasteiger partial charge in [-0.25, -0.2) is 0 Å². The first-order valence-electron chi connectivity index (χ1n) is 18.9. The van der Waals surface area contributed by atoms with Crippen molar-refractivity contribution >= 4 is 38.6 Å². The molecular formula is C53H39N. The van der Waals surface area contributed by atoms with E-state index in [1.807, 2.05) is 0 Å². The zero-order valence-corrected chi connectivity index (χ0v) is 30.5. The lowest BCUT2D eigenvalue weighted by molar-refractivity contribution is 0.660.